The van der Waals surface area contributed by atoms with E-state index in [0.717, 1.165) is 27.8 Å². The molecule has 0 unspecified atom stereocenters. The average Bonchev–Trinajstić information content (AvgIpc) is 3.45. The number of hydrogen-bond acceptors (Lipinski definition) is 15. The number of carbonyl (C=O) groups is 3. The van der Waals surface area contributed by atoms with Crippen LogP contribution >= 0.6 is 11.8 Å². The molecule has 0 aliphatic carbocycles. The standard InChI is InChI=1S/C60H64O14S/c1-2-75-60-57(55(68-38-45-27-15-6-16-28-45)53(67-37-44-25-13-5-14-26-44)49(71-60)41-66-36-43-23-11-4-12-24-43)73-51(62)34-33-50(61)72-54-52(63)48(40-65-35-42-21-9-3-10-22-42)70-59(69-39-46-29-17-7-18-30-46)56(54)74-58(64)47-31-19-8-20-32-47/h3-32,48-49,52-57,59-60,63H,2,33-41H2,1H3/t48-,49-,52-,53-,54+,55+,56-,57+,59+,60-/m1/s1. The Balaban J connectivity index is 1.00. The third kappa shape index (κ3) is 16.6. The number of hydrogen-bond donors (Lipinski definition) is 1. The van der Waals surface area contributed by atoms with E-state index < -0.39 is 91.3 Å². The maximum atomic E-state index is 14.2. The molecule has 8 rings (SSSR count). The molecule has 0 bridgehead atoms. The molecule has 75 heavy (non-hydrogen) atoms. The average molecular weight is 1040 g/mol. The summed E-state index contributed by atoms with van der Waals surface area (Å²) in [6.45, 7) is 2.97. The third-order valence-electron chi connectivity index (χ3n) is 12.5. The van der Waals surface area contributed by atoms with Crippen molar-refractivity contribution in [3.8, 4) is 0 Å². The highest BCUT2D eigenvalue weighted by Gasteiger charge is 2.52. The fraction of sp³-hybridized carbons (Fsp3) is 0.350. The normalized spacial score (nSPS) is 23.4. The fourth-order valence-electron chi connectivity index (χ4n) is 8.66. The minimum atomic E-state index is -1.56. The summed E-state index contributed by atoms with van der Waals surface area (Å²) in [7, 11) is 0. The Bertz CT molecular complexity index is 2600. The smallest absolute Gasteiger partial charge is 0.338 e. The third-order valence-corrected chi connectivity index (χ3v) is 13.5. The summed E-state index contributed by atoms with van der Waals surface area (Å²) < 4.78 is 63.4. The molecule has 394 valence electrons. The number of ether oxygens (including phenoxy) is 10. The monoisotopic (exact) mass is 1040 g/mol. The molecular weight excluding hydrogens is 977 g/mol. The van der Waals surface area contributed by atoms with E-state index in [1.807, 2.05) is 159 Å². The quantitative estimate of drug-likeness (QED) is 0.0404. The minimum Gasteiger partial charge on any atom is -0.456 e. The van der Waals surface area contributed by atoms with E-state index in [-0.39, 0.29) is 45.2 Å². The Hall–Kier alpha value is -6.24. The van der Waals surface area contributed by atoms with Crippen LogP contribution in [-0.4, -0.2) is 103 Å². The number of esters is 3. The molecule has 0 aromatic heterocycles. The van der Waals surface area contributed by atoms with Gasteiger partial charge in [0, 0.05) is 0 Å². The van der Waals surface area contributed by atoms with Crippen LogP contribution in [0.15, 0.2) is 182 Å². The molecule has 2 aliphatic rings. The molecule has 0 spiro atoms. The SMILES string of the molecule is CCS[C@H]1O[C@H](COCc2ccccc2)[C@@H](OCc2ccccc2)[C@H](OCc2ccccc2)[C@@H]1OC(=O)CCC(=O)O[C@H]1[C@H](O)[C@@H](COCc2ccccc2)O[C@H](OCc2ccccc2)[C@@H]1OC(=O)c1ccccc1. The van der Waals surface area contributed by atoms with E-state index in [1.54, 1.807) is 30.3 Å². The molecule has 1 N–H and O–H groups in total. The van der Waals surface area contributed by atoms with Crippen LogP contribution in [0, 0.1) is 0 Å². The largest absolute Gasteiger partial charge is 0.456 e. The summed E-state index contributed by atoms with van der Waals surface area (Å²) in [6, 6.07) is 56.2. The van der Waals surface area contributed by atoms with Gasteiger partial charge in [-0.05, 0) is 45.7 Å². The first-order chi connectivity index (χ1) is 36.8. The van der Waals surface area contributed by atoms with E-state index in [2.05, 4.69) is 0 Å². The Morgan fingerprint density at radius 1 is 0.453 bits per heavy atom. The lowest BCUT2D eigenvalue weighted by Crippen LogP contribution is -2.62. The Morgan fingerprint density at radius 2 is 0.867 bits per heavy atom. The zero-order valence-corrected chi connectivity index (χ0v) is 42.6. The molecule has 2 aliphatic heterocycles. The molecule has 10 atom stereocenters. The molecule has 2 heterocycles. The second kappa shape index (κ2) is 29.2. The first kappa shape index (κ1) is 55.0. The molecule has 0 saturated carbocycles. The second-order valence-corrected chi connectivity index (χ2v) is 19.4. The summed E-state index contributed by atoms with van der Waals surface area (Å²) in [5.74, 6) is -1.75. The van der Waals surface area contributed by atoms with Gasteiger partial charge in [0.05, 0.1) is 64.7 Å². The van der Waals surface area contributed by atoms with Gasteiger partial charge >= 0.3 is 17.9 Å². The van der Waals surface area contributed by atoms with Gasteiger partial charge in [-0.2, -0.15) is 0 Å². The van der Waals surface area contributed by atoms with Crippen LogP contribution in [0.2, 0.25) is 0 Å². The molecule has 0 radical (unpaired) electrons. The maximum Gasteiger partial charge on any atom is 0.338 e. The van der Waals surface area contributed by atoms with Crippen molar-refractivity contribution in [3.63, 3.8) is 0 Å². The van der Waals surface area contributed by atoms with Crippen LogP contribution in [0.5, 0.6) is 0 Å². The molecule has 2 saturated heterocycles. The van der Waals surface area contributed by atoms with Gasteiger partial charge in [-0.25, -0.2) is 4.79 Å². The van der Waals surface area contributed by atoms with Crippen molar-refractivity contribution < 1.29 is 66.9 Å². The molecule has 14 nitrogen and oxygen atoms in total. The lowest BCUT2D eigenvalue weighted by atomic mass is 9.98. The Kier molecular flexibility index (Phi) is 21.4. The maximum absolute atomic E-state index is 14.2. The van der Waals surface area contributed by atoms with Gasteiger partial charge in [-0.15, -0.1) is 11.8 Å². The molecule has 2 fully saturated rings. The van der Waals surface area contributed by atoms with Crippen LogP contribution < -0.4 is 0 Å². The summed E-state index contributed by atoms with van der Waals surface area (Å²) in [6.07, 6.45) is -11.1. The summed E-state index contributed by atoms with van der Waals surface area (Å²) in [5, 5.41) is 12.0. The van der Waals surface area contributed by atoms with Crippen LogP contribution in [0.25, 0.3) is 0 Å². The van der Waals surface area contributed by atoms with Crippen LogP contribution in [0.4, 0.5) is 0 Å². The number of aliphatic hydroxyl groups is 1. The van der Waals surface area contributed by atoms with Crippen LogP contribution in [-0.2, 0) is 90.0 Å². The zero-order valence-electron chi connectivity index (χ0n) is 41.8. The van der Waals surface area contributed by atoms with E-state index in [9.17, 15) is 19.5 Å². The highest BCUT2D eigenvalue weighted by molar-refractivity contribution is 7.99. The number of rotatable bonds is 26. The van der Waals surface area contributed by atoms with E-state index in [0.29, 0.717) is 12.4 Å². The zero-order chi connectivity index (χ0) is 52.0. The first-order valence-electron chi connectivity index (χ1n) is 25.3. The fourth-order valence-corrected chi connectivity index (χ4v) is 9.61. The van der Waals surface area contributed by atoms with Gasteiger partial charge in [-0.1, -0.05) is 177 Å². The number of aliphatic hydroxyl groups excluding tert-OH is 1. The van der Waals surface area contributed by atoms with Crippen molar-refractivity contribution in [2.75, 3.05) is 19.0 Å². The molecular formula is C60H64O14S. The number of thioether (sulfide) groups is 1. The number of carbonyl (C=O) groups excluding carboxylic acids is 3. The minimum absolute atomic E-state index is 0.0307. The van der Waals surface area contributed by atoms with Crippen molar-refractivity contribution in [3.05, 3.63) is 215 Å². The van der Waals surface area contributed by atoms with E-state index >= 15 is 0 Å². The van der Waals surface area contributed by atoms with E-state index in [1.165, 1.54) is 11.8 Å². The molecule has 6 aromatic carbocycles. The topological polar surface area (TPSA) is 164 Å². The van der Waals surface area contributed by atoms with Crippen LogP contribution in [0.3, 0.4) is 0 Å². The van der Waals surface area contributed by atoms with Crippen molar-refractivity contribution in [1.29, 1.82) is 0 Å². The van der Waals surface area contributed by atoms with Gasteiger partial charge < -0.3 is 52.5 Å². The Labute approximate surface area is 442 Å². The van der Waals surface area contributed by atoms with Crippen molar-refractivity contribution >= 4 is 29.7 Å². The lowest BCUT2D eigenvalue weighted by Gasteiger charge is -2.45. The van der Waals surface area contributed by atoms with Gasteiger partial charge in [0.15, 0.2) is 24.6 Å². The molecule has 15 heteroatoms. The molecule has 6 aromatic rings. The highest BCUT2D eigenvalue weighted by atomic mass is 32.2. The Morgan fingerprint density at radius 3 is 1.35 bits per heavy atom. The highest BCUT2D eigenvalue weighted by Crippen LogP contribution is 2.36. The second-order valence-electron chi connectivity index (χ2n) is 18.0. The lowest BCUT2D eigenvalue weighted by molar-refractivity contribution is -0.307. The van der Waals surface area contributed by atoms with E-state index in [4.69, 9.17) is 47.4 Å². The van der Waals surface area contributed by atoms with Crippen molar-refractivity contribution in [2.24, 2.45) is 0 Å². The van der Waals surface area contributed by atoms with Gasteiger partial charge in [-0.3, -0.25) is 9.59 Å². The van der Waals surface area contributed by atoms with Gasteiger partial charge in [0.25, 0.3) is 0 Å². The van der Waals surface area contributed by atoms with Gasteiger partial charge in [0.1, 0.15) is 36.0 Å². The van der Waals surface area contributed by atoms with Crippen molar-refractivity contribution in [1.82, 2.24) is 0 Å². The summed E-state index contributed by atoms with van der Waals surface area (Å²) >= 11 is 1.45. The first-order valence-corrected chi connectivity index (χ1v) is 26.3. The van der Waals surface area contributed by atoms with Gasteiger partial charge in [0.2, 0.25) is 0 Å². The summed E-state index contributed by atoms with van der Waals surface area (Å²) in [4.78, 5) is 41.9. The predicted molar refractivity (Wildman–Crippen MR) is 280 cm³/mol. The van der Waals surface area contributed by atoms with Crippen molar-refractivity contribution in [2.45, 2.75) is 113 Å². The predicted octanol–water partition coefficient (Wildman–Crippen LogP) is 9.20. The molecule has 0 amide bonds. The summed E-state index contributed by atoms with van der Waals surface area (Å²) in [5.41, 5.74) is 4.01. The van der Waals surface area contributed by atoms with Crippen LogP contribution in [0.1, 0.15) is 57.9 Å². The number of benzene rings is 6.